The molecule has 5 rings (SSSR count). The average Bonchev–Trinajstić information content (AvgIpc) is 3.63. The molecule has 1 aliphatic carbocycles. The maximum Gasteiger partial charge on any atom is 0.258 e. The van der Waals surface area contributed by atoms with Gasteiger partial charge in [0.25, 0.3) is 5.91 Å². The lowest BCUT2D eigenvalue weighted by molar-refractivity contribution is -0.117. The number of piperazine rings is 1. The number of amides is 2. The van der Waals surface area contributed by atoms with Gasteiger partial charge in [0.15, 0.2) is 5.75 Å². The maximum absolute atomic E-state index is 13.3. The van der Waals surface area contributed by atoms with Gasteiger partial charge in [-0.25, -0.2) is 8.42 Å². The average molecular weight is 476 g/mol. The molecule has 2 aromatic rings. The Morgan fingerprint density at radius 2 is 1.84 bits per heavy atom. The topological polar surface area (TPSA) is 96.0 Å². The molecule has 168 valence electrons. The Hall–Kier alpha value is -2.62. The molecular formula is C22H22ClN3O5S. The minimum atomic E-state index is -3.73. The first-order chi connectivity index (χ1) is 15.3. The van der Waals surface area contributed by atoms with Gasteiger partial charge in [0.2, 0.25) is 15.9 Å². The van der Waals surface area contributed by atoms with Crippen molar-refractivity contribution >= 4 is 39.1 Å². The molecule has 2 fully saturated rings. The van der Waals surface area contributed by atoms with E-state index in [1.807, 2.05) is 0 Å². The molecule has 2 heterocycles. The van der Waals surface area contributed by atoms with Gasteiger partial charge < -0.3 is 15.0 Å². The van der Waals surface area contributed by atoms with E-state index < -0.39 is 16.1 Å². The molecule has 1 unspecified atom stereocenters. The van der Waals surface area contributed by atoms with E-state index in [1.165, 1.54) is 28.6 Å². The number of sulfonamides is 1. The zero-order valence-corrected chi connectivity index (χ0v) is 18.7. The molecule has 0 spiro atoms. The van der Waals surface area contributed by atoms with Crippen molar-refractivity contribution in [3.05, 3.63) is 53.1 Å². The van der Waals surface area contributed by atoms with Gasteiger partial charge in [0, 0.05) is 30.6 Å². The van der Waals surface area contributed by atoms with Crippen molar-refractivity contribution in [3.8, 4) is 5.75 Å². The van der Waals surface area contributed by atoms with Crippen LogP contribution in [0.2, 0.25) is 5.02 Å². The van der Waals surface area contributed by atoms with E-state index in [-0.39, 0.29) is 48.9 Å². The highest BCUT2D eigenvalue weighted by Crippen LogP contribution is 2.36. The van der Waals surface area contributed by atoms with E-state index in [0.29, 0.717) is 22.0 Å². The molecule has 32 heavy (non-hydrogen) atoms. The summed E-state index contributed by atoms with van der Waals surface area (Å²) >= 11 is 5.89. The first kappa shape index (κ1) is 21.2. The number of nitrogens with one attached hydrogen (secondary N) is 1. The van der Waals surface area contributed by atoms with Crippen LogP contribution < -0.4 is 10.1 Å². The minimum absolute atomic E-state index is 0.0188. The van der Waals surface area contributed by atoms with Gasteiger partial charge in [-0.3, -0.25) is 9.59 Å². The lowest BCUT2D eigenvalue weighted by atomic mass is 10.1. The van der Waals surface area contributed by atoms with Gasteiger partial charge in [-0.15, -0.1) is 0 Å². The zero-order chi connectivity index (χ0) is 22.5. The van der Waals surface area contributed by atoms with E-state index in [2.05, 4.69) is 5.32 Å². The lowest BCUT2D eigenvalue weighted by Gasteiger charge is -2.39. The van der Waals surface area contributed by atoms with Crippen LogP contribution in [-0.4, -0.2) is 61.7 Å². The summed E-state index contributed by atoms with van der Waals surface area (Å²) in [6.07, 6.45) is 1.74. The number of nitrogens with zero attached hydrogens (tertiary/aromatic N) is 2. The SMILES string of the molecule is O=C(Nc1cccc2c1OCC1CN(S(=O)(=O)c3ccc(Cl)cc3)CCN1C2=O)C1CC1. The maximum atomic E-state index is 13.3. The number of benzene rings is 2. The molecule has 1 N–H and O–H groups in total. The summed E-state index contributed by atoms with van der Waals surface area (Å²) in [6, 6.07) is 10.7. The number of halogens is 1. The largest absolute Gasteiger partial charge is 0.488 e. The molecule has 2 amide bonds. The molecule has 8 nitrogen and oxygen atoms in total. The Labute approximate surface area is 191 Å². The summed E-state index contributed by atoms with van der Waals surface area (Å²) in [7, 11) is -3.73. The molecule has 0 aromatic heterocycles. The van der Waals surface area contributed by atoms with E-state index in [4.69, 9.17) is 16.3 Å². The van der Waals surface area contributed by atoms with Crippen LogP contribution in [0, 0.1) is 5.92 Å². The summed E-state index contributed by atoms with van der Waals surface area (Å²) in [5, 5.41) is 3.33. The second-order valence-electron chi connectivity index (χ2n) is 8.23. The summed E-state index contributed by atoms with van der Waals surface area (Å²) < 4.78 is 33.6. The van der Waals surface area contributed by atoms with Crippen LogP contribution in [0.15, 0.2) is 47.4 Å². The second-order valence-corrected chi connectivity index (χ2v) is 10.6. The van der Waals surface area contributed by atoms with Crippen LogP contribution in [0.5, 0.6) is 5.75 Å². The minimum Gasteiger partial charge on any atom is -0.488 e. The highest BCUT2D eigenvalue weighted by atomic mass is 35.5. The predicted octanol–water partition coefficient (Wildman–Crippen LogP) is 2.60. The van der Waals surface area contributed by atoms with Crippen molar-refractivity contribution in [2.24, 2.45) is 5.92 Å². The summed E-state index contributed by atoms with van der Waals surface area (Å²) in [4.78, 5) is 27.3. The second kappa shape index (κ2) is 8.06. The molecule has 0 radical (unpaired) electrons. The predicted molar refractivity (Wildman–Crippen MR) is 118 cm³/mol. The molecule has 0 bridgehead atoms. The number of hydrogen-bond acceptors (Lipinski definition) is 5. The summed E-state index contributed by atoms with van der Waals surface area (Å²) in [6.45, 7) is 0.675. The van der Waals surface area contributed by atoms with Crippen molar-refractivity contribution in [1.29, 1.82) is 0 Å². The van der Waals surface area contributed by atoms with Crippen LogP contribution in [0.4, 0.5) is 5.69 Å². The molecule has 2 aromatic carbocycles. The number of anilines is 1. The summed E-state index contributed by atoms with van der Waals surface area (Å²) in [5.41, 5.74) is 0.841. The van der Waals surface area contributed by atoms with Gasteiger partial charge in [-0.05, 0) is 49.2 Å². The Morgan fingerprint density at radius 3 is 2.56 bits per heavy atom. The molecular weight excluding hydrogens is 454 g/mol. The fourth-order valence-corrected chi connectivity index (χ4v) is 5.68. The van der Waals surface area contributed by atoms with Gasteiger partial charge in [0.1, 0.15) is 6.61 Å². The monoisotopic (exact) mass is 475 g/mol. The Morgan fingerprint density at radius 1 is 1.09 bits per heavy atom. The van der Waals surface area contributed by atoms with Gasteiger partial charge in [-0.1, -0.05) is 17.7 Å². The molecule has 1 atom stereocenters. The van der Waals surface area contributed by atoms with Crippen molar-refractivity contribution in [3.63, 3.8) is 0 Å². The van der Waals surface area contributed by atoms with E-state index >= 15 is 0 Å². The normalized spacial score (nSPS) is 21.2. The lowest BCUT2D eigenvalue weighted by Crippen LogP contribution is -2.57. The molecule has 2 aliphatic heterocycles. The zero-order valence-electron chi connectivity index (χ0n) is 17.2. The molecule has 1 saturated carbocycles. The fourth-order valence-electron chi connectivity index (χ4n) is 4.08. The Kier molecular flexibility index (Phi) is 5.35. The number of carbonyl (C=O) groups excluding carboxylic acids is 2. The van der Waals surface area contributed by atoms with Crippen LogP contribution in [0.3, 0.4) is 0 Å². The van der Waals surface area contributed by atoms with Crippen LogP contribution >= 0.6 is 11.6 Å². The number of rotatable bonds is 4. The molecule has 1 saturated heterocycles. The van der Waals surface area contributed by atoms with Gasteiger partial charge in [-0.2, -0.15) is 4.31 Å². The van der Waals surface area contributed by atoms with Gasteiger partial charge in [0.05, 0.1) is 22.2 Å². The van der Waals surface area contributed by atoms with Crippen molar-refractivity contribution in [2.45, 2.75) is 23.8 Å². The molecule has 10 heteroatoms. The first-order valence-electron chi connectivity index (χ1n) is 10.5. The fraction of sp³-hybridized carbons (Fsp3) is 0.364. The van der Waals surface area contributed by atoms with Crippen molar-refractivity contribution < 1.29 is 22.7 Å². The van der Waals surface area contributed by atoms with E-state index in [1.54, 1.807) is 23.1 Å². The highest BCUT2D eigenvalue weighted by molar-refractivity contribution is 7.89. The van der Waals surface area contributed by atoms with Crippen molar-refractivity contribution in [2.75, 3.05) is 31.6 Å². The number of ether oxygens (including phenoxy) is 1. The number of hydrogen-bond donors (Lipinski definition) is 1. The van der Waals surface area contributed by atoms with E-state index in [9.17, 15) is 18.0 Å². The smallest absolute Gasteiger partial charge is 0.258 e. The third-order valence-electron chi connectivity index (χ3n) is 6.03. The third-order valence-corrected chi connectivity index (χ3v) is 8.16. The van der Waals surface area contributed by atoms with Crippen molar-refractivity contribution in [1.82, 2.24) is 9.21 Å². The first-order valence-corrected chi connectivity index (χ1v) is 12.3. The Bertz CT molecular complexity index is 1180. The molecule has 3 aliphatic rings. The number of fused-ring (bicyclic) bond motifs is 2. The van der Waals surface area contributed by atoms with E-state index in [0.717, 1.165) is 12.8 Å². The Balaban J connectivity index is 1.38. The number of para-hydroxylation sites is 1. The van der Waals surface area contributed by atoms with Gasteiger partial charge >= 0.3 is 0 Å². The number of carbonyl (C=O) groups is 2. The quantitative estimate of drug-likeness (QED) is 0.733. The third kappa shape index (κ3) is 3.85. The summed E-state index contributed by atoms with van der Waals surface area (Å²) in [5.74, 6) is 0.0588. The van der Waals surface area contributed by atoms with Crippen LogP contribution in [-0.2, 0) is 14.8 Å². The highest BCUT2D eigenvalue weighted by Gasteiger charge is 2.40. The standard InChI is InChI=1S/C22H22ClN3O5S/c23-15-6-8-17(9-7-15)32(29,30)25-10-11-26-16(12-25)13-31-20-18(22(26)28)2-1-3-19(20)24-21(27)14-4-5-14/h1-3,6-9,14,16H,4-5,10-13H2,(H,24,27). The van der Waals surface area contributed by atoms with Crippen LogP contribution in [0.1, 0.15) is 23.2 Å². The van der Waals surface area contributed by atoms with Crippen LogP contribution in [0.25, 0.3) is 0 Å².